The molecule has 0 saturated heterocycles. The summed E-state index contributed by atoms with van der Waals surface area (Å²) in [5.41, 5.74) is 9.19. The molecule has 102 valence electrons. The van der Waals surface area contributed by atoms with Crippen LogP contribution in [-0.4, -0.2) is 10.1 Å². The molecule has 3 rings (SSSR count). The van der Waals surface area contributed by atoms with Crippen LogP contribution >= 0.6 is 0 Å². The quantitative estimate of drug-likeness (QED) is 0.776. The van der Waals surface area contributed by atoms with Crippen LogP contribution in [0, 0.1) is 18.3 Å². The fourth-order valence-electron chi connectivity index (χ4n) is 2.11. The normalized spacial score (nSPS) is 10.3. The predicted molar refractivity (Wildman–Crippen MR) is 79.0 cm³/mol. The lowest BCUT2D eigenvalue weighted by Gasteiger charge is -2.08. The van der Waals surface area contributed by atoms with Crippen LogP contribution in [0.4, 0.5) is 5.82 Å². The van der Waals surface area contributed by atoms with Gasteiger partial charge in [-0.05, 0) is 13.0 Å². The van der Waals surface area contributed by atoms with Crippen LogP contribution in [0.25, 0.3) is 22.6 Å². The van der Waals surface area contributed by atoms with Crippen LogP contribution in [0.5, 0.6) is 0 Å². The Bertz CT molecular complexity index is 831. The summed E-state index contributed by atoms with van der Waals surface area (Å²) in [4.78, 5) is 4.37. The van der Waals surface area contributed by atoms with Crippen molar-refractivity contribution >= 4 is 5.82 Å². The molecule has 0 fully saturated rings. The monoisotopic (exact) mass is 276 g/mol. The molecule has 0 radical (unpaired) electrons. The number of hydrogen-bond acceptors (Lipinski definition) is 5. The Kier molecular flexibility index (Phi) is 3.13. The summed E-state index contributed by atoms with van der Waals surface area (Å²) in [6.07, 6.45) is 0. The predicted octanol–water partition coefficient (Wildman–Crippen LogP) is 3.17. The molecule has 5 nitrogen and oxygen atoms in total. The van der Waals surface area contributed by atoms with E-state index in [9.17, 15) is 0 Å². The second-order valence-corrected chi connectivity index (χ2v) is 4.63. The number of benzene rings is 1. The van der Waals surface area contributed by atoms with Gasteiger partial charge >= 0.3 is 0 Å². The van der Waals surface area contributed by atoms with Gasteiger partial charge in [-0.2, -0.15) is 5.26 Å². The van der Waals surface area contributed by atoms with Crippen molar-refractivity contribution in [2.45, 2.75) is 6.92 Å². The van der Waals surface area contributed by atoms with E-state index in [-0.39, 0.29) is 5.82 Å². The number of aryl methyl sites for hydroxylation is 1. The summed E-state index contributed by atoms with van der Waals surface area (Å²) in [5.74, 6) is 0.770. The molecule has 2 aromatic heterocycles. The molecule has 0 bridgehead atoms. The summed E-state index contributed by atoms with van der Waals surface area (Å²) in [5, 5.41) is 13.0. The van der Waals surface area contributed by atoms with Gasteiger partial charge in [0.2, 0.25) is 0 Å². The molecule has 0 spiro atoms. The van der Waals surface area contributed by atoms with E-state index in [1.54, 1.807) is 12.1 Å². The number of aromatic nitrogens is 2. The standard InChI is InChI=1S/C16H12N4O/c1-10-7-14(21-20-10)13-8-12(9-17)16(18)19-15(13)11-5-3-2-4-6-11/h2-8H,1H3,(H2,18,19). The topological polar surface area (TPSA) is 88.7 Å². The first-order valence-corrected chi connectivity index (χ1v) is 6.39. The summed E-state index contributed by atoms with van der Waals surface area (Å²) in [6, 6.07) is 15.2. The van der Waals surface area contributed by atoms with Crippen molar-refractivity contribution in [1.82, 2.24) is 10.1 Å². The number of nitriles is 1. The van der Waals surface area contributed by atoms with Crippen molar-refractivity contribution in [2.24, 2.45) is 0 Å². The Morgan fingerprint density at radius 1 is 1.19 bits per heavy atom. The number of hydrogen-bond donors (Lipinski definition) is 1. The van der Waals surface area contributed by atoms with Gasteiger partial charge in [-0.25, -0.2) is 4.98 Å². The SMILES string of the molecule is Cc1cc(-c2cc(C#N)c(N)nc2-c2ccccc2)on1. The van der Waals surface area contributed by atoms with Crippen LogP contribution in [-0.2, 0) is 0 Å². The van der Waals surface area contributed by atoms with Crippen LogP contribution in [0.2, 0.25) is 0 Å². The zero-order valence-electron chi connectivity index (χ0n) is 11.4. The average molecular weight is 276 g/mol. The molecule has 5 heteroatoms. The third-order valence-electron chi connectivity index (χ3n) is 3.11. The van der Waals surface area contributed by atoms with E-state index in [4.69, 9.17) is 15.5 Å². The highest BCUT2D eigenvalue weighted by molar-refractivity contribution is 5.81. The lowest BCUT2D eigenvalue weighted by atomic mass is 10.0. The number of pyridine rings is 1. The number of rotatable bonds is 2. The molecule has 21 heavy (non-hydrogen) atoms. The Labute approximate surface area is 121 Å². The second kappa shape index (κ2) is 5.10. The Morgan fingerprint density at radius 2 is 1.95 bits per heavy atom. The minimum atomic E-state index is 0.205. The third kappa shape index (κ3) is 2.35. The van der Waals surface area contributed by atoms with E-state index >= 15 is 0 Å². The van der Waals surface area contributed by atoms with Gasteiger partial charge in [0.25, 0.3) is 0 Å². The van der Waals surface area contributed by atoms with Crippen molar-refractivity contribution < 1.29 is 4.52 Å². The van der Waals surface area contributed by atoms with E-state index in [0.29, 0.717) is 22.6 Å². The maximum Gasteiger partial charge on any atom is 0.169 e. The van der Waals surface area contributed by atoms with Crippen LogP contribution < -0.4 is 5.73 Å². The molecule has 0 atom stereocenters. The van der Waals surface area contributed by atoms with Gasteiger partial charge in [-0.15, -0.1) is 0 Å². The van der Waals surface area contributed by atoms with E-state index in [2.05, 4.69) is 10.1 Å². The molecule has 0 aliphatic heterocycles. The molecule has 0 amide bonds. The van der Waals surface area contributed by atoms with Gasteiger partial charge in [0.05, 0.1) is 17.0 Å². The molecule has 3 aromatic rings. The highest BCUT2D eigenvalue weighted by Gasteiger charge is 2.16. The Balaban J connectivity index is 2.28. The summed E-state index contributed by atoms with van der Waals surface area (Å²) in [6.45, 7) is 1.84. The van der Waals surface area contributed by atoms with E-state index in [0.717, 1.165) is 11.3 Å². The number of nitrogens with two attached hydrogens (primary N) is 1. The van der Waals surface area contributed by atoms with Crippen molar-refractivity contribution in [2.75, 3.05) is 5.73 Å². The number of nitrogen functional groups attached to an aromatic ring is 1. The van der Waals surface area contributed by atoms with Crippen LogP contribution in [0.1, 0.15) is 11.3 Å². The lowest BCUT2D eigenvalue weighted by molar-refractivity contribution is 0.427. The van der Waals surface area contributed by atoms with Crippen molar-refractivity contribution in [1.29, 1.82) is 5.26 Å². The van der Waals surface area contributed by atoms with Gasteiger partial charge in [0.1, 0.15) is 11.9 Å². The van der Waals surface area contributed by atoms with E-state index in [1.807, 2.05) is 43.3 Å². The number of anilines is 1. The van der Waals surface area contributed by atoms with Gasteiger partial charge < -0.3 is 10.3 Å². The number of nitrogens with zero attached hydrogens (tertiary/aromatic N) is 3. The van der Waals surface area contributed by atoms with Gasteiger partial charge in [0, 0.05) is 17.2 Å². The van der Waals surface area contributed by atoms with E-state index < -0.39 is 0 Å². The molecule has 2 heterocycles. The smallest absolute Gasteiger partial charge is 0.169 e. The van der Waals surface area contributed by atoms with Gasteiger partial charge in [-0.3, -0.25) is 0 Å². The van der Waals surface area contributed by atoms with Gasteiger partial charge in [-0.1, -0.05) is 35.5 Å². The molecule has 2 N–H and O–H groups in total. The van der Waals surface area contributed by atoms with Crippen LogP contribution in [0.3, 0.4) is 0 Å². The van der Waals surface area contributed by atoms with Crippen molar-refractivity contribution in [3.8, 4) is 28.7 Å². The maximum absolute atomic E-state index is 9.14. The largest absolute Gasteiger partial charge is 0.383 e. The lowest BCUT2D eigenvalue weighted by Crippen LogP contribution is -1.99. The molecule has 0 saturated carbocycles. The van der Waals surface area contributed by atoms with Crippen LogP contribution in [0.15, 0.2) is 47.0 Å². The minimum Gasteiger partial charge on any atom is -0.383 e. The molecule has 0 aliphatic rings. The molecular weight excluding hydrogens is 264 g/mol. The van der Waals surface area contributed by atoms with Crippen molar-refractivity contribution in [3.63, 3.8) is 0 Å². The van der Waals surface area contributed by atoms with E-state index in [1.165, 1.54) is 0 Å². The Morgan fingerprint density at radius 3 is 2.57 bits per heavy atom. The first kappa shape index (κ1) is 12.9. The first-order valence-electron chi connectivity index (χ1n) is 6.39. The summed E-state index contributed by atoms with van der Waals surface area (Å²) >= 11 is 0. The zero-order chi connectivity index (χ0) is 14.8. The highest BCUT2D eigenvalue weighted by atomic mass is 16.5. The third-order valence-corrected chi connectivity index (χ3v) is 3.11. The summed E-state index contributed by atoms with van der Waals surface area (Å²) in [7, 11) is 0. The average Bonchev–Trinajstić information content (AvgIpc) is 2.94. The summed E-state index contributed by atoms with van der Waals surface area (Å²) < 4.78 is 5.31. The molecular formula is C16H12N4O. The fraction of sp³-hybridized carbons (Fsp3) is 0.0625. The van der Waals surface area contributed by atoms with Crippen molar-refractivity contribution in [3.05, 3.63) is 53.7 Å². The fourth-order valence-corrected chi connectivity index (χ4v) is 2.11. The second-order valence-electron chi connectivity index (χ2n) is 4.63. The maximum atomic E-state index is 9.14. The molecule has 0 unspecified atom stereocenters. The zero-order valence-corrected chi connectivity index (χ0v) is 11.4. The minimum absolute atomic E-state index is 0.205. The highest BCUT2D eigenvalue weighted by Crippen LogP contribution is 2.33. The molecule has 0 aliphatic carbocycles. The molecule has 1 aromatic carbocycles. The first-order chi connectivity index (χ1) is 10.2. The van der Waals surface area contributed by atoms with Gasteiger partial charge in [0.15, 0.2) is 5.76 Å². The Hall–Kier alpha value is -3.13.